The Bertz CT molecular complexity index is 1310. The van der Waals surface area contributed by atoms with Crippen molar-refractivity contribution >= 4 is 17.8 Å². The zero-order valence-electron chi connectivity index (χ0n) is 19.2. The van der Waals surface area contributed by atoms with Gasteiger partial charge in [0.25, 0.3) is 0 Å². The number of carbonyl (C=O) groups is 2. The Labute approximate surface area is 203 Å². The number of benzene rings is 2. The first-order valence-electron chi connectivity index (χ1n) is 11.2. The Balaban J connectivity index is 1.34. The minimum atomic E-state index is -0.982. The summed E-state index contributed by atoms with van der Waals surface area (Å²) in [5.41, 5.74) is 4.80. The second-order valence-electron chi connectivity index (χ2n) is 7.98. The van der Waals surface area contributed by atoms with Gasteiger partial charge in [-0.2, -0.15) is 5.10 Å². The highest BCUT2D eigenvalue weighted by Crippen LogP contribution is 2.18. The van der Waals surface area contributed by atoms with Crippen molar-refractivity contribution in [3.63, 3.8) is 0 Å². The maximum Gasteiger partial charge on any atom is 0.332 e. The number of nitrogens with zero attached hydrogens (tertiary/aromatic N) is 3. The summed E-state index contributed by atoms with van der Waals surface area (Å²) in [5, 5.41) is 13.3. The van der Waals surface area contributed by atoms with Crippen molar-refractivity contribution in [1.82, 2.24) is 14.8 Å². The zero-order valence-corrected chi connectivity index (χ0v) is 19.2. The van der Waals surface area contributed by atoms with Crippen LogP contribution < -0.4 is 0 Å². The Morgan fingerprint density at radius 3 is 2.49 bits per heavy atom. The van der Waals surface area contributed by atoms with Crippen LogP contribution >= 0.6 is 0 Å². The molecule has 0 radical (unpaired) electrons. The lowest BCUT2D eigenvalue weighted by molar-refractivity contribution is -0.148. The molecule has 176 valence electrons. The first-order valence-corrected chi connectivity index (χ1v) is 11.2. The van der Waals surface area contributed by atoms with Crippen LogP contribution in [0.15, 0.2) is 91.3 Å². The molecule has 7 heteroatoms. The molecule has 0 unspecified atom stereocenters. The third-order valence-corrected chi connectivity index (χ3v) is 5.41. The Morgan fingerprint density at radius 2 is 1.80 bits per heavy atom. The standard InChI is InChI=1S/C28H25N3O4/c1-20(28(33)34)35-18-4-5-21-7-9-22(10-8-21)19-31-17-15-26(30-31)27(32)24-13-11-23(12-14-24)25-6-2-3-16-29-25/h2-17,20H,18-19H2,1H3,(H,33,34)/t20-/m1/s1. The van der Waals surface area contributed by atoms with E-state index in [1.807, 2.05) is 60.7 Å². The number of ketones is 1. The molecule has 1 N–H and O–H groups in total. The zero-order chi connectivity index (χ0) is 24.6. The lowest BCUT2D eigenvalue weighted by atomic mass is 10.0. The highest BCUT2D eigenvalue weighted by Gasteiger charge is 2.13. The van der Waals surface area contributed by atoms with E-state index in [0.29, 0.717) is 17.8 Å². The van der Waals surface area contributed by atoms with Gasteiger partial charge in [-0.25, -0.2) is 4.79 Å². The largest absolute Gasteiger partial charge is 0.479 e. The van der Waals surface area contributed by atoms with E-state index in [0.717, 1.165) is 22.4 Å². The van der Waals surface area contributed by atoms with Gasteiger partial charge >= 0.3 is 5.97 Å². The molecule has 0 aliphatic heterocycles. The second kappa shape index (κ2) is 11.2. The van der Waals surface area contributed by atoms with Crippen LogP contribution in [-0.2, 0) is 16.1 Å². The molecule has 35 heavy (non-hydrogen) atoms. The highest BCUT2D eigenvalue weighted by atomic mass is 16.5. The molecule has 0 bridgehead atoms. The van der Waals surface area contributed by atoms with E-state index in [-0.39, 0.29) is 12.4 Å². The molecule has 0 aliphatic rings. The van der Waals surface area contributed by atoms with Gasteiger partial charge in [0, 0.05) is 23.5 Å². The molecular formula is C28H25N3O4. The van der Waals surface area contributed by atoms with Gasteiger partial charge in [0.1, 0.15) is 5.69 Å². The Morgan fingerprint density at radius 1 is 1.03 bits per heavy atom. The summed E-state index contributed by atoms with van der Waals surface area (Å²) in [5.74, 6) is -1.11. The molecule has 2 aromatic carbocycles. The van der Waals surface area contributed by atoms with Crippen molar-refractivity contribution in [1.29, 1.82) is 0 Å². The first-order chi connectivity index (χ1) is 17.0. The van der Waals surface area contributed by atoms with E-state index in [4.69, 9.17) is 9.84 Å². The molecule has 0 saturated carbocycles. The highest BCUT2D eigenvalue weighted by molar-refractivity contribution is 6.07. The third kappa shape index (κ3) is 6.37. The number of carboxylic acids is 1. The summed E-state index contributed by atoms with van der Waals surface area (Å²) in [6, 6.07) is 22.7. The summed E-state index contributed by atoms with van der Waals surface area (Å²) >= 11 is 0. The molecule has 0 aliphatic carbocycles. The number of carbonyl (C=O) groups excluding carboxylic acids is 1. The third-order valence-electron chi connectivity index (χ3n) is 5.41. The van der Waals surface area contributed by atoms with Crippen LogP contribution in [-0.4, -0.2) is 44.3 Å². The molecule has 0 fully saturated rings. The monoisotopic (exact) mass is 467 g/mol. The van der Waals surface area contributed by atoms with Crippen LogP contribution in [0.5, 0.6) is 0 Å². The van der Waals surface area contributed by atoms with E-state index in [9.17, 15) is 9.59 Å². The predicted octanol–water partition coefficient (Wildman–Crippen LogP) is 4.73. The van der Waals surface area contributed by atoms with E-state index in [1.165, 1.54) is 6.92 Å². The average Bonchev–Trinajstić information content (AvgIpc) is 3.36. The molecule has 4 aromatic rings. The van der Waals surface area contributed by atoms with Crippen LogP contribution in [0.3, 0.4) is 0 Å². The number of ether oxygens (including phenoxy) is 1. The van der Waals surface area contributed by atoms with Gasteiger partial charge in [0.15, 0.2) is 6.10 Å². The average molecular weight is 468 g/mol. The van der Waals surface area contributed by atoms with E-state index in [2.05, 4.69) is 10.1 Å². The molecule has 2 heterocycles. The summed E-state index contributed by atoms with van der Waals surface area (Å²) in [6.07, 6.45) is 6.36. The number of aliphatic carboxylic acids is 1. The number of hydrogen-bond donors (Lipinski definition) is 1. The molecule has 7 nitrogen and oxygen atoms in total. The minimum absolute atomic E-state index is 0.128. The fourth-order valence-corrected chi connectivity index (χ4v) is 3.42. The van der Waals surface area contributed by atoms with Crippen molar-refractivity contribution in [3.8, 4) is 11.3 Å². The van der Waals surface area contributed by atoms with Gasteiger partial charge in [-0.3, -0.25) is 14.5 Å². The minimum Gasteiger partial charge on any atom is -0.479 e. The molecule has 4 rings (SSSR count). The summed E-state index contributed by atoms with van der Waals surface area (Å²) in [6.45, 7) is 2.26. The fraction of sp³-hybridized carbons (Fsp3) is 0.143. The maximum atomic E-state index is 12.9. The van der Waals surface area contributed by atoms with Crippen molar-refractivity contribution < 1.29 is 19.4 Å². The molecule has 0 saturated heterocycles. The van der Waals surface area contributed by atoms with E-state index >= 15 is 0 Å². The quantitative estimate of drug-likeness (QED) is 0.339. The van der Waals surface area contributed by atoms with Crippen LogP contribution in [0.2, 0.25) is 0 Å². The lowest BCUT2D eigenvalue weighted by Gasteiger charge is -2.05. The number of hydrogen-bond acceptors (Lipinski definition) is 5. The topological polar surface area (TPSA) is 94.3 Å². The van der Waals surface area contributed by atoms with Crippen molar-refractivity contribution in [2.75, 3.05) is 6.61 Å². The smallest absolute Gasteiger partial charge is 0.332 e. The Kier molecular flexibility index (Phi) is 7.60. The van der Waals surface area contributed by atoms with E-state index in [1.54, 1.807) is 41.4 Å². The van der Waals surface area contributed by atoms with Gasteiger partial charge in [-0.05, 0) is 36.2 Å². The normalized spacial score (nSPS) is 12.0. The predicted molar refractivity (Wildman–Crippen MR) is 133 cm³/mol. The van der Waals surface area contributed by atoms with Gasteiger partial charge in [-0.1, -0.05) is 66.7 Å². The van der Waals surface area contributed by atoms with Gasteiger partial charge in [-0.15, -0.1) is 0 Å². The van der Waals surface area contributed by atoms with Crippen molar-refractivity contribution in [2.45, 2.75) is 19.6 Å². The van der Waals surface area contributed by atoms with Gasteiger partial charge in [0.05, 0.1) is 18.8 Å². The fourth-order valence-electron chi connectivity index (χ4n) is 3.42. The SMILES string of the molecule is C[C@@H](OCC=Cc1ccc(Cn2ccc(C(=O)c3ccc(-c4ccccn4)cc3)n2)cc1)C(=O)O. The van der Waals surface area contributed by atoms with Crippen LogP contribution in [0, 0.1) is 0 Å². The molecular weight excluding hydrogens is 442 g/mol. The lowest BCUT2D eigenvalue weighted by Crippen LogP contribution is -2.19. The molecule has 0 spiro atoms. The number of rotatable bonds is 10. The molecule has 1 atom stereocenters. The first kappa shape index (κ1) is 23.8. The summed E-state index contributed by atoms with van der Waals surface area (Å²) < 4.78 is 6.92. The summed E-state index contributed by atoms with van der Waals surface area (Å²) in [4.78, 5) is 27.9. The number of carboxylic acid groups (broad SMARTS) is 1. The molecule has 0 amide bonds. The number of pyridine rings is 1. The maximum absolute atomic E-state index is 12.9. The number of aromatic nitrogens is 3. The van der Waals surface area contributed by atoms with Crippen LogP contribution in [0.1, 0.15) is 34.1 Å². The van der Waals surface area contributed by atoms with Crippen LogP contribution in [0.25, 0.3) is 17.3 Å². The van der Waals surface area contributed by atoms with Crippen molar-refractivity contribution in [3.05, 3.63) is 114 Å². The second-order valence-corrected chi connectivity index (χ2v) is 7.98. The van der Waals surface area contributed by atoms with E-state index < -0.39 is 12.1 Å². The van der Waals surface area contributed by atoms with Crippen LogP contribution in [0.4, 0.5) is 0 Å². The van der Waals surface area contributed by atoms with Gasteiger partial charge < -0.3 is 9.84 Å². The summed E-state index contributed by atoms with van der Waals surface area (Å²) in [7, 11) is 0. The van der Waals surface area contributed by atoms with Crippen molar-refractivity contribution in [2.24, 2.45) is 0 Å². The molecule has 2 aromatic heterocycles. The Hall–Kier alpha value is -4.36. The van der Waals surface area contributed by atoms with Gasteiger partial charge in [0.2, 0.25) is 5.78 Å².